The van der Waals surface area contributed by atoms with Gasteiger partial charge in [-0.25, -0.2) is 4.79 Å². The van der Waals surface area contributed by atoms with Gasteiger partial charge < -0.3 is 14.4 Å². The number of hydrogen-bond acceptors (Lipinski definition) is 6. The van der Waals surface area contributed by atoms with E-state index in [1.54, 1.807) is 7.11 Å². The van der Waals surface area contributed by atoms with Crippen molar-refractivity contribution in [1.82, 2.24) is 10.2 Å². The number of Topliss-reactive ketones (excluding diaryl/α,β-unsaturated/α-hetero) is 1. The van der Waals surface area contributed by atoms with Gasteiger partial charge in [0.2, 0.25) is 5.91 Å². The Labute approximate surface area is 222 Å². The van der Waals surface area contributed by atoms with E-state index >= 15 is 0 Å². The van der Waals surface area contributed by atoms with Crippen molar-refractivity contribution in [1.29, 1.82) is 0 Å². The number of methoxy groups -OCH3 is 1. The quantitative estimate of drug-likeness (QED) is 0.540. The van der Waals surface area contributed by atoms with Crippen LogP contribution in [0.4, 0.5) is 4.79 Å². The molecule has 1 N–H and O–H groups in total. The normalized spacial score (nSPS) is 48.6. The SMILES string of the molecule is C=CC[C@]1(C)C[C@@H](OC(=O)NC(=O)[C@H]2CN3CC[C@@H]2C3)[C@@]2(C)C3[C@H](OC)CCC3(CC[C@H]2C)[C@@H](C)C1=O. The number of nitrogens with one attached hydrogen (secondary N) is 1. The van der Waals surface area contributed by atoms with Gasteiger partial charge in [0.25, 0.3) is 0 Å². The van der Waals surface area contributed by atoms with Gasteiger partial charge in [-0.2, -0.15) is 0 Å². The molecule has 2 aliphatic heterocycles. The Balaban J connectivity index is 1.48. The summed E-state index contributed by atoms with van der Waals surface area (Å²) in [4.78, 5) is 42.9. The van der Waals surface area contributed by atoms with Crippen LogP contribution in [0.2, 0.25) is 0 Å². The number of hydrogen-bond donors (Lipinski definition) is 1. The molecular weight excluding hydrogens is 468 g/mol. The van der Waals surface area contributed by atoms with Crippen molar-refractivity contribution in [2.45, 2.75) is 84.8 Å². The number of amides is 2. The van der Waals surface area contributed by atoms with E-state index in [0.29, 0.717) is 25.3 Å². The average Bonchev–Trinajstić information content (AvgIpc) is 3.59. The standard InChI is InChI=1S/C30H46N2O5/c1-7-11-28(4)15-23(37-27(35)31-26(34)21-17-32-14-10-20(21)16-32)29(5)18(2)8-12-30(19(3)25(28)33)13-9-22(36-6)24(29)30/h7,18-24H,1,8-17H2,2-6H3,(H,31,34,35)/t18-,19+,20-,21+,22-,23-,24?,28-,29+,30?/m1/s1. The molecule has 3 saturated carbocycles. The molecule has 5 rings (SSSR count). The van der Waals surface area contributed by atoms with E-state index in [9.17, 15) is 14.4 Å². The number of ether oxygens (including phenoxy) is 2. The van der Waals surface area contributed by atoms with E-state index in [0.717, 1.165) is 45.2 Å². The highest BCUT2D eigenvalue weighted by Crippen LogP contribution is 2.68. The van der Waals surface area contributed by atoms with Gasteiger partial charge in [-0.3, -0.25) is 14.9 Å². The summed E-state index contributed by atoms with van der Waals surface area (Å²) in [5.74, 6) is 0.464. The highest BCUT2D eigenvalue weighted by molar-refractivity contribution is 5.93. The van der Waals surface area contributed by atoms with E-state index in [4.69, 9.17) is 9.47 Å². The summed E-state index contributed by atoms with van der Waals surface area (Å²) in [6, 6.07) is 0. The predicted molar refractivity (Wildman–Crippen MR) is 141 cm³/mol. The minimum Gasteiger partial charge on any atom is -0.445 e. The van der Waals surface area contributed by atoms with E-state index in [2.05, 4.69) is 37.6 Å². The number of piperidine rings is 1. The maximum Gasteiger partial charge on any atom is 0.414 e. The molecule has 5 fully saturated rings. The molecular formula is C30H46N2O5. The van der Waals surface area contributed by atoms with Crippen LogP contribution in [0.15, 0.2) is 12.7 Å². The lowest BCUT2D eigenvalue weighted by Crippen LogP contribution is -2.63. The molecule has 0 aromatic carbocycles. The van der Waals surface area contributed by atoms with Crippen LogP contribution in [0, 0.1) is 45.8 Å². The maximum atomic E-state index is 14.2. The molecule has 206 valence electrons. The van der Waals surface area contributed by atoms with Crippen molar-refractivity contribution in [3.05, 3.63) is 12.7 Å². The largest absolute Gasteiger partial charge is 0.445 e. The minimum absolute atomic E-state index is 0.0191. The van der Waals surface area contributed by atoms with Crippen molar-refractivity contribution in [3.8, 4) is 0 Å². The van der Waals surface area contributed by atoms with Crippen LogP contribution in [0.1, 0.15) is 72.6 Å². The molecule has 0 radical (unpaired) electrons. The van der Waals surface area contributed by atoms with Crippen LogP contribution >= 0.6 is 0 Å². The molecule has 3 aliphatic carbocycles. The lowest BCUT2D eigenvalue weighted by molar-refractivity contribution is -0.191. The Hall–Kier alpha value is -1.73. The number of ketones is 1. The van der Waals surface area contributed by atoms with Gasteiger partial charge in [-0.15, -0.1) is 6.58 Å². The zero-order chi connectivity index (χ0) is 26.8. The van der Waals surface area contributed by atoms with Gasteiger partial charge in [0, 0.05) is 42.9 Å². The van der Waals surface area contributed by atoms with Crippen molar-refractivity contribution in [2.75, 3.05) is 26.7 Å². The van der Waals surface area contributed by atoms with Gasteiger partial charge >= 0.3 is 6.09 Å². The average molecular weight is 515 g/mol. The summed E-state index contributed by atoms with van der Waals surface area (Å²) in [5.41, 5.74) is -1.24. The first-order valence-corrected chi connectivity index (χ1v) is 14.4. The second-order valence-electron chi connectivity index (χ2n) is 13.5. The van der Waals surface area contributed by atoms with Crippen molar-refractivity contribution < 1.29 is 23.9 Å². The monoisotopic (exact) mass is 514 g/mol. The van der Waals surface area contributed by atoms with Gasteiger partial charge in [-0.1, -0.05) is 33.8 Å². The van der Waals surface area contributed by atoms with E-state index in [-0.39, 0.29) is 52.3 Å². The summed E-state index contributed by atoms with van der Waals surface area (Å²) in [5, 5.41) is 2.60. The number of allylic oxidation sites excluding steroid dienone is 1. The van der Waals surface area contributed by atoms with Crippen LogP contribution in [-0.2, 0) is 19.1 Å². The molecule has 4 bridgehead atoms. The fraction of sp³-hybridized carbons (Fsp3) is 0.833. The first-order chi connectivity index (χ1) is 17.5. The van der Waals surface area contributed by atoms with Crippen molar-refractivity contribution in [3.63, 3.8) is 0 Å². The van der Waals surface area contributed by atoms with Gasteiger partial charge in [0.15, 0.2) is 0 Å². The fourth-order valence-corrected chi connectivity index (χ4v) is 9.60. The van der Waals surface area contributed by atoms with Crippen LogP contribution in [0.25, 0.3) is 0 Å². The zero-order valence-corrected chi connectivity index (χ0v) is 23.4. The first-order valence-electron chi connectivity index (χ1n) is 14.4. The van der Waals surface area contributed by atoms with Gasteiger partial charge in [-0.05, 0) is 68.7 Å². The molecule has 0 aromatic heterocycles. The van der Waals surface area contributed by atoms with Crippen molar-refractivity contribution in [2.24, 2.45) is 45.8 Å². The van der Waals surface area contributed by atoms with Crippen LogP contribution in [0.3, 0.4) is 0 Å². The lowest BCUT2D eigenvalue weighted by atomic mass is 9.43. The third-order valence-corrected chi connectivity index (χ3v) is 11.9. The Morgan fingerprint density at radius 3 is 2.51 bits per heavy atom. The molecule has 7 heteroatoms. The molecule has 3 unspecified atom stereocenters. The van der Waals surface area contributed by atoms with Crippen LogP contribution in [0.5, 0.6) is 0 Å². The number of rotatable bonds is 5. The fourth-order valence-electron chi connectivity index (χ4n) is 9.60. The third-order valence-electron chi connectivity index (χ3n) is 11.9. The van der Waals surface area contributed by atoms with E-state index < -0.39 is 17.6 Å². The summed E-state index contributed by atoms with van der Waals surface area (Å²) in [6.45, 7) is 15.3. The predicted octanol–water partition coefficient (Wildman–Crippen LogP) is 4.60. The molecule has 2 heterocycles. The Kier molecular flexibility index (Phi) is 6.88. The number of fused-ring (bicyclic) bond motifs is 2. The van der Waals surface area contributed by atoms with Gasteiger partial charge in [0.05, 0.1) is 12.0 Å². The molecule has 7 nitrogen and oxygen atoms in total. The number of imide groups is 1. The smallest absolute Gasteiger partial charge is 0.414 e. The molecule has 2 amide bonds. The second-order valence-corrected chi connectivity index (χ2v) is 13.5. The summed E-state index contributed by atoms with van der Waals surface area (Å²) in [6.07, 6.45) is 6.46. The Bertz CT molecular complexity index is 968. The van der Waals surface area contributed by atoms with Crippen LogP contribution in [-0.4, -0.2) is 61.6 Å². The van der Waals surface area contributed by atoms with E-state index in [1.807, 2.05) is 13.0 Å². The Morgan fingerprint density at radius 2 is 1.89 bits per heavy atom. The molecule has 2 saturated heterocycles. The zero-order valence-electron chi connectivity index (χ0n) is 23.4. The topological polar surface area (TPSA) is 84.9 Å². The highest BCUT2D eigenvalue weighted by Gasteiger charge is 2.68. The summed E-state index contributed by atoms with van der Waals surface area (Å²) >= 11 is 0. The number of nitrogens with zero attached hydrogens (tertiary/aromatic N) is 1. The van der Waals surface area contributed by atoms with E-state index in [1.165, 1.54) is 0 Å². The maximum absolute atomic E-state index is 14.2. The number of carbonyl (C=O) groups is 3. The third kappa shape index (κ3) is 4.02. The first kappa shape index (κ1) is 26.9. The molecule has 0 aromatic rings. The van der Waals surface area contributed by atoms with Crippen molar-refractivity contribution >= 4 is 17.8 Å². The number of alkyl carbamates (subject to hydrolysis) is 1. The number of carbonyl (C=O) groups excluding carboxylic acids is 3. The summed E-state index contributed by atoms with van der Waals surface area (Å²) < 4.78 is 12.4. The minimum atomic E-state index is -0.685. The Morgan fingerprint density at radius 1 is 1.16 bits per heavy atom. The summed E-state index contributed by atoms with van der Waals surface area (Å²) in [7, 11) is 1.77. The van der Waals surface area contributed by atoms with Gasteiger partial charge in [0.1, 0.15) is 11.9 Å². The molecule has 37 heavy (non-hydrogen) atoms. The van der Waals surface area contributed by atoms with Crippen LogP contribution < -0.4 is 5.32 Å². The highest BCUT2D eigenvalue weighted by atomic mass is 16.6. The molecule has 5 aliphatic rings. The molecule has 11 atom stereocenters. The second kappa shape index (κ2) is 9.48. The molecule has 0 spiro atoms. The lowest BCUT2D eigenvalue weighted by Gasteiger charge is -2.61.